The lowest BCUT2D eigenvalue weighted by molar-refractivity contribution is -0.136. The van der Waals surface area contributed by atoms with Gasteiger partial charge in [0.15, 0.2) is 29.8 Å². The van der Waals surface area contributed by atoms with Crippen LogP contribution in [0.1, 0.15) is 122 Å². The van der Waals surface area contributed by atoms with E-state index >= 15 is 0 Å². The second-order valence-electron chi connectivity index (χ2n) is 22.3. The Morgan fingerprint density at radius 1 is 0.358 bits per heavy atom. The van der Waals surface area contributed by atoms with Gasteiger partial charge in [-0.05, 0) is 128 Å². The number of nitrogens with one attached hydrogen (secondary N) is 9. The molecule has 10 atom stereocenters. The van der Waals surface area contributed by atoms with Gasteiger partial charge in [0, 0.05) is 46.1 Å². The molecule has 38 heteroatoms. The molecular formula is C57H105N27O11. The maximum atomic E-state index is 14.8. The van der Waals surface area contributed by atoms with E-state index in [4.69, 9.17) is 74.5 Å². The van der Waals surface area contributed by atoms with Crippen LogP contribution in [-0.2, 0) is 54.4 Å². The van der Waals surface area contributed by atoms with Gasteiger partial charge in [0.05, 0.1) is 6.10 Å². The molecule has 10 amide bonds. The number of hydrogen-bond acceptors (Lipinski definition) is 18. The second-order valence-corrected chi connectivity index (χ2v) is 22.3. The van der Waals surface area contributed by atoms with E-state index in [9.17, 15) is 53.1 Å². The lowest BCUT2D eigenvalue weighted by Gasteiger charge is -2.28. The number of aliphatic imine (C=N–C) groups is 5. The summed E-state index contributed by atoms with van der Waals surface area (Å²) in [5.41, 5.74) is 73.2. The predicted molar refractivity (Wildman–Crippen MR) is 359 cm³/mol. The van der Waals surface area contributed by atoms with Crippen LogP contribution in [0.2, 0.25) is 0 Å². The normalized spacial score (nSPS) is 13.9. The summed E-state index contributed by atoms with van der Waals surface area (Å²) in [5.74, 6) is -9.76. The molecule has 1 aromatic carbocycles. The topological polar surface area (TPSA) is 699 Å². The second kappa shape index (κ2) is 47.1. The van der Waals surface area contributed by atoms with Gasteiger partial charge < -0.3 is 127 Å². The third-order valence-corrected chi connectivity index (χ3v) is 14.1. The predicted octanol–water partition coefficient (Wildman–Crippen LogP) is -9.00. The van der Waals surface area contributed by atoms with Crippen LogP contribution in [0, 0.1) is 0 Å². The summed E-state index contributed by atoms with van der Waals surface area (Å²) >= 11 is 0. The highest BCUT2D eigenvalue weighted by Gasteiger charge is 2.36. The van der Waals surface area contributed by atoms with E-state index in [1.807, 2.05) is 0 Å². The zero-order valence-corrected chi connectivity index (χ0v) is 54.4. The number of guanidine groups is 5. The molecule has 0 heterocycles. The fourth-order valence-electron chi connectivity index (χ4n) is 9.28. The lowest BCUT2D eigenvalue weighted by Crippen LogP contribution is -2.61. The van der Waals surface area contributed by atoms with Crippen molar-refractivity contribution in [3.63, 3.8) is 0 Å². The van der Waals surface area contributed by atoms with Gasteiger partial charge >= 0.3 is 0 Å². The van der Waals surface area contributed by atoms with Crippen LogP contribution in [0.3, 0.4) is 0 Å². The Kier molecular flexibility index (Phi) is 41.2. The third kappa shape index (κ3) is 37.4. The Morgan fingerprint density at radius 2 is 0.600 bits per heavy atom. The molecule has 0 spiro atoms. The maximum absolute atomic E-state index is 14.8. The molecule has 0 saturated carbocycles. The van der Waals surface area contributed by atoms with Crippen LogP contribution in [0.5, 0.6) is 0 Å². The molecule has 0 fully saturated rings. The van der Waals surface area contributed by atoms with Crippen LogP contribution >= 0.6 is 0 Å². The summed E-state index contributed by atoms with van der Waals surface area (Å²) in [6.45, 7) is 2.93. The van der Waals surface area contributed by atoms with Crippen LogP contribution < -0.4 is 122 Å². The average Bonchev–Trinajstić information content (AvgIpc) is 0.976. The summed E-state index contributed by atoms with van der Waals surface area (Å²) < 4.78 is 0. The largest absolute Gasteiger partial charge is 0.391 e. The molecule has 0 aliphatic carbocycles. The quantitative estimate of drug-likeness (QED) is 0.0164. The Morgan fingerprint density at radius 3 is 0.842 bits per heavy atom. The number of aliphatic hydroxyl groups excluding tert-OH is 1. The maximum Gasteiger partial charge on any atom is 0.243 e. The van der Waals surface area contributed by atoms with Crippen LogP contribution in [0.25, 0.3) is 0 Å². The van der Waals surface area contributed by atoms with Gasteiger partial charge in [-0.1, -0.05) is 30.3 Å². The van der Waals surface area contributed by atoms with Crippen molar-refractivity contribution >= 4 is 88.9 Å². The molecule has 0 radical (unpaired) electrons. The van der Waals surface area contributed by atoms with Crippen molar-refractivity contribution in [1.29, 1.82) is 0 Å². The summed E-state index contributed by atoms with van der Waals surface area (Å²) in [7, 11) is 0. The molecule has 0 aromatic heterocycles. The fraction of sp³-hybridized carbons (Fsp3) is 0.632. The average molecular weight is 1340 g/mol. The number of benzene rings is 1. The Labute approximate surface area is 552 Å². The molecule has 0 aliphatic rings. The molecule has 1 rings (SSSR count). The van der Waals surface area contributed by atoms with Gasteiger partial charge in [0.25, 0.3) is 0 Å². The van der Waals surface area contributed by atoms with E-state index in [1.165, 1.54) is 13.8 Å². The molecule has 0 aliphatic heterocycles. The highest BCUT2D eigenvalue weighted by Crippen LogP contribution is 2.13. The molecule has 0 saturated heterocycles. The summed E-state index contributed by atoms with van der Waals surface area (Å²) in [5, 5.41) is 33.9. The van der Waals surface area contributed by atoms with E-state index in [2.05, 4.69) is 72.8 Å². The zero-order chi connectivity index (χ0) is 71.4. The number of unbranched alkanes of at least 4 members (excludes halogenated alkanes) is 2. The first-order valence-corrected chi connectivity index (χ1v) is 31.4. The standard InChI is InChI=1S/C57H105N27O11/c1-32(85)43(44(60)87)84-51(94)41(23-14-30-75-57(69)70)81-47(90)37(18-7-9-25-59)77-46(89)36(17-6-8-24-58)78-48(91)38(20-11-27-72-54(63)64)79-49(92)39(21-12-28-73-55(65)66)80-50(93)40(22-13-29-74-56(67)68)82-52(95)42(31-34-15-4-3-5-16-34)83-45(88)35(76-33(2)86)19-10-26-71-53(61)62/h3-5,15-16,32,35-43,85H,6-14,17-31,58-59H2,1-2H3,(H2,60,87)(H,76,86)(H,77,89)(H,78,91)(H,79,92)(H,80,93)(H,81,90)(H,82,95)(H,83,88)(H,84,94)(H4,61,62,71)(H4,63,64,72)(H4,65,66,73)(H4,67,68,74)(H4,69,70,75)/t32-,35+,36+,37+,38+,39+,40+,41+,42+,43+/m1/s1. The Balaban J connectivity index is 3.91. The molecule has 0 unspecified atom stereocenters. The highest BCUT2D eigenvalue weighted by molar-refractivity contribution is 5.98. The van der Waals surface area contributed by atoms with Gasteiger partial charge in [0.2, 0.25) is 59.1 Å². The highest BCUT2D eigenvalue weighted by atomic mass is 16.3. The molecule has 0 bridgehead atoms. The summed E-state index contributed by atoms with van der Waals surface area (Å²) in [4.78, 5) is 159. The third-order valence-electron chi connectivity index (χ3n) is 14.1. The molecule has 36 N–H and O–H groups in total. The van der Waals surface area contributed by atoms with E-state index in [0.29, 0.717) is 24.8 Å². The minimum Gasteiger partial charge on any atom is -0.391 e. The van der Waals surface area contributed by atoms with Crippen molar-refractivity contribution < 1.29 is 53.1 Å². The number of carbonyl (C=O) groups is 10. The van der Waals surface area contributed by atoms with Gasteiger partial charge in [0.1, 0.15) is 54.4 Å². The summed E-state index contributed by atoms with van der Waals surface area (Å²) in [6, 6.07) is -4.06. The Hall–Kier alpha value is -9.85. The number of nitrogens with zero attached hydrogens (tertiary/aromatic N) is 5. The fourth-order valence-corrected chi connectivity index (χ4v) is 9.28. The first-order valence-electron chi connectivity index (χ1n) is 31.4. The first-order chi connectivity index (χ1) is 45.0. The minimum atomic E-state index is -1.55. The summed E-state index contributed by atoms with van der Waals surface area (Å²) in [6.07, 6.45) is -0.122. The number of rotatable bonds is 49. The van der Waals surface area contributed by atoms with Crippen molar-refractivity contribution in [2.75, 3.05) is 45.8 Å². The first kappa shape index (κ1) is 83.2. The van der Waals surface area contributed by atoms with Gasteiger partial charge in [-0.2, -0.15) is 0 Å². The van der Waals surface area contributed by atoms with Gasteiger partial charge in [-0.3, -0.25) is 72.9 Å². The lowest BCUT2D eigenvalue weighted by atomic mass is 10.0. The number of hydrogen-bond donors (Lipinski definition) is 23. The van der Waals surface area contributed by atoms with Crippen molar-refractivity contribution in [2.45, 2.75) is 183 Å². The van der Waals surface area contributed by atoms with E-state index < -0.39 is 120 Å². The smallest absolute Gasteiger partial charge is 0.243 e. The Bertz CT molecular complexity index is 2730. The van der Waals surface area contributed by atoms with Gasteiger partial charge in [-0.15, -0.1) is 0 Å². The molecule has 534 valence electrons. The number of amides is 10. The SMILES string of the molecule is CC(=O)N[C@@H](CCCN=C(N)N)C(=O)N[C@@H](Cc1ccccc1)C(=O)N[C@@H](CCCN=C(N)N)C(=O)N[C@@H](CCCN=C(N)N)C(=O)N[C@@H](CCCN=C(N)N)C(=O)N[C@@H](CCCCN)C(=O)N[C@@H](CCCCN)C(=O)N[C@@H](CCCN=C(N)N)C(=O)N[C@H](C(N)=O)[C@@H](C)O. The van der Waals surface area contributed by atoms with E-state index in [-0.39, 0.29) is 166 Å². The van der Waals surface area contributed by atoms with Crippen molar-refractivity contribution in [3.05, 3.63) is 35.9 Å². The van der Waals surface area contributed by atoms with E-state index in [1.54, 1.807) is 30.3 Å². The zero-order valence-electron chi connectivity index (χ0n) is 54.4. The molecule has 38 nitrogen and oxygen atoms in total. The van der Waals surface area contributed by atoms with Crippen LogP contribution in [-0.4, -0.2) is 200 Å². The molecule has 1 aromatic rings. The minimum absolute atomic E-state index is 0.00949. The number of carbonyl (C=O) groups excluding carboxylic acids is 10. The van der Waals surface area contributed by atoms with E-state index in [0.717, 1.165) is 0 Å². The number of aliphatic hydroxyl groups is 1. The molecule has 95 heavy (non-hydrogen) atoms. The van der Waals surface area contributed by atoms with Crippen molar-refractivity contribution in [1.82, 2.24) is 47.9 Å². The number of primary amides is 1. The van der Waals surface area contributed by atoms with Crippen LogP contribution in [0.15, 0.2) is 55.3 Å². The van der Waals surface area contributed by atoms with Crippen LogP contribution in [0.4, 0.5) is 0 Å². The van der Waals surface area contributed by atoms with Crippen molar-refractivity contribution in [2.24, 2.45) is 99.5 Å². The number of nitrogens with two attached hydrogens (primary N) is 13. The van der Waals surface area contributed by atoms with Gasteiger partial charge in [-0.25, -0.2) is 0 Å². The van der Waals surface area contributed by atoms with Crippen molar-refractivity contribution in [3.8, 4) is 0 Å². The molecular weight excluding hydrogens is 1240 g/mol. The monoisotopic (exact) mass is 1340 g/mol.